The van der Waals surface area contributed by atoms with Gasteiger partial charge in [-0.15, -0.1) is 0 Å². The number of amides is 1. The molecule has 1 aliphatic carbocycles. The number of hydrogen-bond acceptors (Lipinski definition) is 4. The van der Waals surface area contributed by atoms with Crippen molar-refractivity contribution < 1.29 is 17.6 Å². The molecule has 1 aliphatic rings. The average Bonchev–Trinajstić information content (AvgIpc) is 3.47. The fraction of sp³-hybridized carbons (Fsp3) is 0.316. The van der Waals surface area contributed by atoms with Crippen LogP contribution in [-0.4, -0.2) is 26.9 Å². The van der Waals surface area contributed by atoms with E-state index in [1.165, 1.54) is 43.3 Å². The van der Waals surface area contributed by atoms with Crippen molar-refractivity contribution in [2.75, 3.05) is 11.3 Å². The van der Waals surface area contributed by atoms with Gasteiger partial charge in [0.1, 0.15) is 5.82 Å². The molecule has 0 saturated heterocycles. The maximum atomic E-state index is 13.3. The third-order valence-corrected chi connectivity index (χ3v) is 5.94. The summed E-state index contributed by atoms with van der Waals surface area (Å²) in [6, 6.07) is 9.63. The minimum Gasteiger partial charge on any atom is -0.350 e. The van der Waals surface area contributed by atoms with Crippen molar-refractivity contribution >= 4 is 21.6 Å². The van der Waals surface area contributed by atoms with Crippen LogP contribution in [0.2, 0.25) is 0 Å². The Hall–Kier alpha value is -2.45. The van der Waals surface area contributed by atoms with Gasteiger partial charge in [0.15, 0.2) is 0 Å². The molecule has 27 heavy (non-hydrogen) atoms. The van der Waals surface area contributed by atoms with Crippen molar-refractivity contribution in [3.05, 3.63) is 59.4 Å². The molecule has 1 fully saturated rings. The first-order valence-corrected chi connectivity index (χ1v) is 10.2. The van der Waals surface area contributed by atoms with Gasteiger partial charge in [-0.25, -0.2) is 12.8 Å². The molecule has 6 nitrogen and oxygen atoms in total. The molecule has 0 heterocycles. The van der Waals surface area contributed by atoms with E-state index in [0.717, 1.165) is 18.9 Å². The molecule has 0 aromatic heterocycles. The lowest BCUT2D eigenvalue weighted by Crippen LogP contribution is -2.38. The lowest BCUT2D eigenvalue weighted by Gasteiger charge is -2.12. The first-order chi connectivity index (χ1) is 12.8. The lowest BCUT2D eigenvalue weighted by molar-refractivity contribution is 0.0950. The number of rotatable bonds is 7. The molecule has 1 amide bonds. The van der Waals surface area contributed by atoms with E-state index in [1.54, 1.807) is 0 Å². The van der Waals surface area contributed by atoms with Gasteiger partial charge in [0.2, 0.25) is 0 Å². The molecular weight excluding hydrogens is 369 g/mol. The molecule has 1 unspecified atom stereocenters. The van der Waals surface area contributed by atoms with Crippen LogP contribution in [0.1, 0.15) is 28.8 Å². The topological polar surface area (TPSA) is 101 Å². The molecular formula is C19H22FN3O3S. The maximum absolute atomic E-state index is 13.3. The first kappa shape index (κ1) is 19.3. The zero-order valence-electron chi connectivity index (χ0n) is 14.9. The Balaban J connectivity index is 1.64. The third-order valence-electron chi connectivity index (χ3n) is 4.56. The molecule has 0 bridgehead atoms. The number of hydrogen-bond donors (Lipinski definition) is 3. The highest BCUT2D eigenvalue weighted by Crippen LogP contribution is 2.31. The molecule has 3 rings (SSSR count). The number of nitrogens with two attached hydrogens (primary N) is 1. The van der Waals surface area contributed by atoms with Gasteiger partial charge in [-0.05, 0) is 73.7 Å². The highest BCUT2D eigenvalue weighted by atomic mass is 32.2. The van der Waals surface area contributed by atoms with E-state index >= 15 is 0 Å². The Labute approximate surface area is 158 Å². The van der Waals surface area contributed by atoms with E-state index in [-0.39, 0.29) is 22.4 Å². The highest BCUT2D eigenvalue weighted by molar-refractivity contribution is 7.92. The van der Waals surface area contributed by atoms with Gasteiger partial charge in [0.05, 0.1) is 4.90 Å². The van der Waals surface area contributed by atoms with E-state index in [1.807, 2.05) is 0 Å². The number of sulfonamides is 1. The summed E-state index contributed by atoms with van der Waals surface area (Å²) in [6.07, 6.45) is 2.22. The zero-order chi connectivity index (χ0) is 19.6. The lowest BCUT2D eigenvalue weighted by atomic mass is 10.1. The van der Waals surface area contributed by atoms with E-state index < -0.39 is 15.8 Å². The first-order valence-electron chi connectivity index (χ1n) is 8.69. The molecule has 8 heteroatoms. The second-order valence-electron chi connectivity index (χ2n) is 6.81. The van der Waals surface area contributed by atoms with Crippen LogP contribution < -0.4 is 15.8 Å². The van der Waals surface area contributed by atoms with Crippen LogP contribution in [0, 0.1) is 18.7 Å². The SMILES string of the molecule is Cc1cc(S(=O)(=O)Nc2ccc(C(=O)NCC(N)C3CC3)cc2)ccc1F. The van der Waals surface area contributed by atoms with Gasteiger partial charge in [0, 0.05) is 23.8 Å². The number of carbonyl (C=O) groups is 1. The number of carbonyl (C=O) groups excluding carboxylic acids is 1. The smallest absolute Gasteiger partial charge is 0.261 e. The van der Waals surface area contributed by atoms with Gasteiger partial charge >= 0.3 is 0 Å². The fourth-order valence-electron chi connectivity index (χ4n) is 2.69. The summed E-state index contributed by atoms with van der Waals surface area (Å²) in [7, 11) is -3.84. The third kappa shape index (κ3) is 4.84. The zero-order valence-corrected chi connectivity index (χ0v) is 15.7. The summed E-state index contributed by atoms with van der Waals surface area (Å²) < 4.78 is 40.6. The summed E-state index contributed by atoms with van der Waals surface area (Å²) in [5.74, 6) is -0.224. The predicted octanol–water partition coefficient (Wildman–Crippen LogP) is 2.40. The standard InChI is InChI=1S/C19H22FN3O3S/c1-12-10-16(8-9-17(12)20)27(25,26)23-15-6-4-14(5-7-15)19(24)22-11-18(21)13-2-3-13/h4-10,13,18,23H,2-3,11,21H2,1H3,(H,22,24). The monoisotopic (exact) mass is 391 g/mol. The number of benzene rings is 2. The Bertz CT molecular complexity index is 941. The normalized spacial score (nSPS) is 15.2. The van der Waals surface area contributed by atoms with E-state index in [9.17, 15) is 17.6 Å². The number of nitrogens with one attached hydrogen (secondary N) is 2. The van der Waals surface area contributed by atoms with E-state index in [2.05, 4.69) is 10.0 Å². The minimum absolute atomic E-state index is 0.0285. The second-order valence-corrected chi connectivity index (χ2v) is 8.49. The summed E-state index contributed by atoms with van der Waals surface area (Å²) >= 11 is 0. The predicted molar refractivity (Wildman–Crippen MR) is 101 cm³/mol. The van der Waals surface area contributed by atoms with Crippen molar-refractivity contribution in [3.8, 4) is 0 Å². The summed E-state index contributed by atoms with van der Waals surface area (Å²) in [6.45, 7) is 1.92. The minimum atomic E-state index is -3.84. The van der Waals surface area contributed by atoms with Crippen molar-refractivity contribution in [2.45, 2.75) is 30.7 Å². The largest absolute Gasteiger partial charge is 0.350 e. The Kier molecular flexibility index (Phi) is 5.48. The van der Waals surface area contributed by atoms with Gasteiger partial charge in [-0.3, -0.25) is 9.52 Å². The molecule has 0 radical (unpaired) electrons. The Morgan fingerprint density at radius 1 is 1.22 bits per heavy atom. The fourth-order valence-corrected chi connectivity index (χ4v) is 3.84. The van der Waals surface area contributed by atoms with E-state index in [4.69, 9.17) is 5.73 Å². The van der Waals surface area contributed by atoms with Crippen LogP contribution in [0.4, 0.5) is 10.1 Å². The summed E-state index contributed by atoms with van der Waals surface area (Å²) in [5.41, 5.74) is 6.93. The number of halogens is 1. The van der Waals surface area contributed by atoms with Gasteiger partial charge in [0.25, 0.3) is 15.9 Å². The molecule has 0 spiro atoms. The summed E-state index contributed by atoms with van der Waals surface area (Å²) in [4.78, 5) is 12.1. The molecule has 4 N–H and O–H groups in total. The number of aryl methyl sites for hydroxylation is 1. The van der Waals surface area contributed by atoms with Crippen LogP contribution in [0.25, 0.3) is 0 Å². The van der Waals surface area contributed by atoms with Crippen LogP contribution in [0.3, 0.4) is 0 Å². The maximum Gasteiger partial charge on any atom is 0.261 e. The van der Waals surface area contributed by atoms with Gasteiger partial charge < -0.3 is 11.1 Å². The Morgan fingerprint density at radius 2 is 1.89 bits per heavy atom. The molecule has 0 aliphatic heterocycles. The molecule has 1 atom stereocenters. The average molecular weight is 391 g/mol. The quantitative estimate of drug-likeness (QED) is 0.675. The molecule has 1 saturated carbocycles. The molecule has 2 aromatic rings. The molecule has 2 aromatic carbocycles. The van der Waals surface area contributed by atoms with Gasteiger partial charge in [-0.1, -0.05) is 0 Å². The van der Waals surface area contributed by atoms with Crippen molar-refractivity contribution in [1.82, 2.24) is 5.32 Å². The van der Waals surface area contributed by atoms with Crippen molar-refractivity contribution in [1.29, 1.82) is 0 Å². The van der Waals surface area contributed by atoms with Crippen molar-refractivity contribution in [3.63, 3.8) is 0 Å². The Morgan fingerprint density at radius 3 is 2.48 bits per heavy atom. The van der Waals surface area contributed by atoms with E-state index in [0.29, 0.717) is 23.7 Å². The van der Waals surface area contributed by atoms with Crippen LogP contribution in [0.15, 0.2) is 47.4 Å². The van der Waals surface area contributed by atoms with Crippen LogP contribution in [0.5, 0.6) is 0 Å². The summed E-state index contributed by atoms with van der Waals surface area (Å²) in [5, 5.41) is 2.79. The van der Waals surface area contributed by atoms with Crippen molar-refractivity contribution in [2.24, 2.45) is 11.7 Å². The second kappa shape index (κ2) is 7.66. The van der Waals surface area contributed by atoms with Crippen LogP contribution in [-0.2, 0) is 10.0 Å². The van der Waals surface area contributed by atoms with Crippen LogP contribution >= 0.6 is 0 Å². The highest BCUT2D eigenvalue weighted by Gasteiger charge is 2.28. The number of anilines is 1. The molecule has 144 valence electrons. The van der Waals surface area contributed by atoms with Gasteiger partial charge in [-0.2, -0.15) is 0 Å².